The Morgan fingerprint density at radius 2 is 1.97 bits per heavy atom. The van der Waals surface area contributed by atoms with Crippen LogP contribution in [-0.2, 0) is 4.79 Å². The highest BCUT2D eigenvalue weighted by Gasteiger charge is 2.55. The summed E-state index contributed by atoms with van der Waals surface area (Å²) in [5, 5.41) is 10.4. The molecular weight excluding hydrogens is 464 g/mol. The van der Waals surface area contributed by atoms with Gasteiger partial charge in [0.2, 0.25) is 0 Å². The number of pyridine rings is 1. The fraction of sp³-hybridized carbons (Fsp3) is 0.150. The first-order valence-corrected chi connectivity index (χ1v) is 10.3. The topological polar surface area (TPSA) is 131 Å². The van der Waals surface area contributed by atoms with Crippen molar-refractivity contribution < 1.29 is 9.59 Å². The number of nitrogens with zero attached hydrogens (tertiary/aromatic N) is 5. The minimum atomic E-state index is -0.926. The monoisotopic (exact) mass is 478 g/mol. The minimum Gasteiger partial charge on any atom is -0.383 e. The third-order valence-electron chi connectivity index (χ3n) is 5.74. The summed E-state index contributed by atoms with van der Waals surface area (Å²) in [5.41, 5.74) is 8.55. The number of nitrogens with two attached hydrogens (primary N) is 1. The highest BCUT2D eigenvalue weighted by molar-refractivity contribution is 9.10. The molecule has 2 saturated heterocycles. The molecule has 10 nitrogen and oxygen atoms in total. The van der Waals surface area contributed by atoms with E-state index in [0.29, 0.717) is 34.8 Å². The molecule has 0 bridgehead atoms. The van der Waals surface area contributed by atoms with E-state index in [1.54, 1.807) is 16.9 Å². The molecule has 0 atom stereocenters. The van der Waals surface area contributed by atoms with Gasteiger partial charge in [0.25, 0.3) is 5.91 Å². The number of rotatable bonds is 2. The average Bonchev–Trinajstić information content (AvgIpc) is 3.29. The van der Waals surface area contributed by atoms with Crippen LogP contribution in [-0.4, -0.2) is 50.1 Å². The number of imide groups is 1. The van der Waals surface area contributed by atoms with Gasteiger partial charge in [-0.3, -0.25) is 15.1 Å². The number of hydrogen-bond donors (Lipinski definition) is 3. The average molecular weight is 479 g/mol. The SMILES string of the molecule is Nc1c(Br)c(N2CC3(C2)NC(=O)NC3=O)nc2c(-c3cnc4ccccc4c3)cnn12. The number of anilines is 2. The molecule has 6 rings (SSSR count). The first-order valence-electron chi connectivity index (χ1n) is 9.52. The van der Waals surface area contributed by atoms with Crippen molar-refractivity contribution in [3.05, 3.63) is 47.2 Å². The largest absolute Gasteiger partial charge is 0.383 e. The number of hydrogen-bond acceptors (Lipinski definition) is 7. The van der Waals surface area contributed by atoms with Crippen LogP contribution < -0.4 is 21.3 Å². The van der Waals surface area contributed by atoms with Gasteiger partial charge in [-0.25, -0.2) is 9.78 Å². The number of amides is 3. The smallest absolute Gasteiger partial charge is 0.322 e. The van der Waals surface area contributed by atoms with Crippen LogP contribution in [0.4, 0.5) is 16.4 Å². The zero-order valence-corrected chi connectivity index (χ0v) is 17.5. The van der Waals surface area contributed by atoms with Crippen molar-refractivity contribution >= 4 is 56.1 Å². The van der Waals surface area contributed by atoms with Gasteiger partial charge < -0.3 is 16.0 Å². The maximum absolute atomic E-state index is 12.1. The van der Waals surface area contributed by atoms with Gasteiger partial charge in [0.1, 0.15) is 16.1 Å². The number of carbonyl (C=O) groups excluding carboxylic acids is 2. The summed E-state index contributed by atoms with van der Waals surface area (Å²) in [6, 6.07) is 9.43. The van der Waals surface area contributed by atoms with Crippen LogP contribution in [0.1, 0.15) is 0 Å². The Balaban J connectivity index is 1.43. The lowest BCUT2D eigenvalue weighted by Gasteiger charge is -2.46. The fourth-order valence-corrected chi connectivity index (χ4v) is 4.63. The third-order valence-corrected chi connectivity index (χ3v) is 6.50. The number of aromatic nitrogens is 4. The van der Waals surface area contributed by atoms with E-state index in [0.717, 1.165) is 22.0 Å². The number of halogens is 1. The Morgan fingerprint density at radius 3 is 2.74 bits per heavy atom. The van der Waals surface area contributed by atoms with E-state index < -0.39 is 11.6 Å². The van der Waals surface area contributed by atoms with Crippen molar-refractivity contribution in [1.29, 1.82) is 0 Å². The zero-order valence-electron chi connectivity index (χ0n) is 16.0. The Morgan fingerprint density at radius 1 is 1.16 bits per heavy atom. The summed E-state index contributed by atoms with van der Waals surface area (Å²) in [6.07, 6.45) is 3.50. The number of benzene rings is 1. The number of nitrogen functional groups attached to an aromatic ring is 1. The molecule has 2 fully saturated rings. The van der Waals surface area contributed by atoms with Crippen molar-refractivity contribution in [3.63, 3.8) is 0 Å². The van der Waals surface area contributed by atoms with Crippen LogP contribution in [0.2, 0.25) is 0 Å². The van der Waals surface area contributed by atoms with Gasteiger partial charge in [0, 0.05) is 22.7 Å². The van der Waals surface area contributed by atoms with Gasteiger partial charge >= 0.3 is 6.03 Å². The summed E-state index contributed by atoms with van der Waals surface area (Å²) in [7, 11) is 0. The Kier molecular flexibility index (Phi) is 3.58. The van der Waals surface area contributed by atoms with Crippen LogP contribution in [0.15, 0.2) is 47.2 Å². The number of urea groups is 1. The van der Waals surface area contributed by atoms with Crippen molar-refractivity contribution in [2.24, 2.45) is 0 Å². The molecule has 154 valence electrons. The zero-order chi connectivity index (χ0) is 21.3. The molecular formula is C20H15BrN8O2. The lowest BCUT2D eigenvalue weighted by atomic mass is 9.90. The van der Waals surface area contributed by atoms with Crippen molar-refractivity contribution in [2.75, 3.05) is 23.7 Å². The van der Waals surface area contributed by atoms with Gasteiger partial charge in [0.15, 0.2) is 11.2 Å². The summed E-state index contributed by atoms with van der Waals surface area (Å²) in [6.45, 7) is 0.597. The first kappa shape index (κ1) is 18.1. The second-order valence-electron chi connectivity index (χ2n) is 7.69. The summed E-state index contributed by atoms with van der Waals surface area (Å²) in [5.74, 6) is 0.645. The first-order chi connectivity index (χ1) is 14.9. The van der Waals surface area contributed by atoms with Crippen molar-refractivity contribution in [1.82, 2.24) is 30.2 Å². The Bertz CT molecular complexity index is 1430. The van der Waals surface area contributed by atoms with Crippen LogP contribution in [0.5, 0.6) is 0 Å². The van der Waals surface area contributed by atoms with Gasteiger partial charge in [-0.2, -0.15) is 9.61 Å². The molecule has 2 aliphatic rings. The molecule has 11 heteroatoms. The maximum atomic E-state index is 12.1. The van der Waals surface area contributed by atoms with Gasteiger partial charge in [0.05, 0.1) is 24.8 Å². The molecule has 0 radical (unpaired) electrons. The molecule has 1 aromatic carbocycles. The van der Waals surface area contributed by atoms with Crippen molar-refractivity contribution in [3.8, 4) is 11.1 Å². The number of carbonyl (C=O) groups is 2. The fourth-order valence-electron chi connectivity index (χ4n) is 4.12. The maximum Gasteiger partial charge on any atom is 0.322 e. The predicted octanol–water partition coefficient (Wildman–Crippen LogP) is 1.69. The number of nitrogens with one attached hydrogen (secondary N) is 2. The number of fused-ring (bicyclic) bond motifs is 2. The molecule has 1 spiro atoms. The van der Waals surface area contributed by atoms with Crippen molar-refractivity contribution in [2.45, 2.75) is 5.54 Å². The van der Waals surface area contributed by atoms with Crippen LogP contribution in [0, 0.1) is 0 Å². The second-order valence-corrected chi connectivity index (χ2v) is 8.48. The van der Waals surface area contributed by atoms with Crippen LogP contribution in [0.25, 0.3) is 27.7 Å². The highest BCUT2D eigenvalue weighted by atomic mass is 79.9. The highest BCUT2D eigenvalue weighted by Crippen LogP contribution is 2.38. The summed E-state index contributed by atoms with van der Waals surface area (Å²) in [4.78, 5) is 34.9. The minimum absolute atomic E-state index is 0.298. The molecule has 0 aliphatic carbocycles. The summed E-state index contributed by atoms with van der Waals surface area (Å²) >= 11 is 3.51. The quantitative estimate of drug-likeness (QED) is 0.373. The summed E-state index contributed by atoms with van der Waals surface area (Å²) < 4.78 is 2.14. The van der Waals surface area contributed by atoms with Crippen LogP contribution in [0.3, 0.4) is 0 Å². The molecule has 2 aliphatic heterocycles. The molecule has 5 heterocycles. The van der Waals surface area contributed by atoms with E-state index in [1.165, 1.54) is 0 Å². The van der Waals surface area contributed by atoms with Gasteiger partial charge in [-0.15, -0.1) is 0 Å². The predicted molar refractivity (Wildman–Crippen MR) is 117 cm³/mol. The van der Waals surface area contributed by atoms with E-state index in [2.05, 4.69) is 36.6 Å². The third kappa shape index (κ3) is 2.53. The van der Waals surface area contributed by atoms with E-state index in [1.807, 2.05) is 35.2 Å². The number of para-hydroxylation sites is 1. The van der Waals surface area contributed by atoms with Gasteiger partial charge in [-0.1, -0.05) is 18.2 Å². The van der Waals surface area contributed by atoms with E-state index in [4.69, 9.17) is 10.7 Å². The Labute approximate surface area is 183 Å². The lowest BCUT2D eigenvalue weighted by molar-refractivity contribution is -0.124. The Hall–Kier alpha value is -3.73. The van der Waals surface area contributed by atoms with E-state index in [9.17, 15) is 9.59 Å². The second kappa shape index (κ2) is 6.14. The molecule has 0 unspecified atom stereocenters. The lowest BCUT2D eigenvalue weighted by Crippen LogP contribution is -2.71. The van der Waals surface area contributed by atoms with E-state index >= 15 is 0 Å². The standard InChI is InChI=1S/C20H15BrN8O2/c21-14-15(22)29-16(25-17(14)28-8-20(9-28)18(30)26-19(31)27-20)12(7-24-29)11-5-10-3-1-2-4-13(10)23-6-11/h1-7H,8-9,22H2,(H2,26,27,30,31). The molecule has 4 aromatic rings. The molecule has 0 saturated carbocycles. The molecule has 3 amide bonds. The molecule has 31 heavy (non-hydrogen) atoms. The molecule has 3 aromatic heterocycles. The normalized spacial score (nSPS) is 17.3. The molecule has 4 N–H and O–H groups in total. The van der Waals surface area contributed by atoms with Crippen LogP contribution >= 0.6 is 15.9 Å². The van der Waals surface area contributed by atoms with Gasteiger partial charge in [-0.05, 0) is 28.1 Å². The van der Waals surface area contributed by atoms with E-state index in [-0.39, 0.29) is 5.91 Å².